The van der Waals surface area contributed by atoms with E-state index < -0.39 is 0 Å². The van der Waals surface area contributed by atoms with Crippen LogP contribution in [0.3, 0.4) is 0 Å². The van der Waals surface area contributed by atoms with Crippen molar-refractivity contribution in [3.63, 3.8) is 0 Å². The molecule has 1 atom stereocenters. The molecule has 1 saturated heterocycles. The number of imidazole rings is 1. The van der Waals surface area contributed by atoms with Gasteiger partial charge in [-0.05, 0) is 38.5 Å². The Labute approximate surface area is 313 Å². The van der Waals surface area contributed by atoms with Gasteiger partial charge >= 0.3 is 5.97 Å². The third-order valence-corrected chi connectivity index (χ3v) is 10.1. The fourth-order valence-corrected chi connectivity index (χ4v) is 7.26. The van der Waals surface area contributed by atoms with Crippen LogP contribution in [0.5, 0.6) is 5.75 Å². The smallest absolute Gasteiger partial charge is 0.307 e. The molecule has 2 aromatic carbocycles. The maximum Gasteiger partial charge on any atom is 0.307 e. The summed E-state index contributed by atoms with van der Waals surface area (Å²) in [5, 5.41) is 10.0. The highest BCUT2D eigenvalue weighted by molar-refractivity contribution is 6.39. The first-order valence-corrected chi connectivity index (χ1v) is 18.2. The Balaban J connectivity index is 1.16. The van der Waals surface area contributed by atoms with Crippen molar-refractivity contribution in [2.45, 2.75) is 64.8 Å². The Morgan fingerprint density at radius 1 is 1.10 bits per heavy atom. The zero-order valence-corrected chi connectivity index (χ0v) is 31.2. The highest BCUT2D eigenvalue weighted by Gasteiger charge is 2.27. The van der Waals surface area contributed by atoms with E-state index in [2.05, 4.69) is 25.8 Å². The average Bonchev–Trinajstić information content (AvgIpc) is 3.69. The van der Waals surface area contributed by atoms with Gasteiger partial charge in [0, 0.05) is 92.8 Å². The summed E-state index contributed by atoms with van der Waals surface area (Å²) in [6, 6.07) is 13.1. The van der Waals surface area contributed by atoms with E-state index in [0.717, 1.165) is 35.5 Å². The lowest BCUT2D eigenvalue weighted by Gasteiger charge is -2.26. The number of halogens is 2. The largest absolute Gasteiger partial charge is 0.496 e. The van der Waals surface area contributed by atoms with Crippen molar-refractivity contribution in [1.29, 1.82) is 0 Å². The minimum atomic E-state index is -0.390. The number of rotatable bonds is 13. The van der Waals surface area contributed by atoms with Gasteiger partial charge in [0.1, 0.15) is 5.75 Å². The zero-order chi connectivity index (χ0) is 36.9. The molecule has 2 aromatic heterocycles. The summed E-state index contributed by atoms with van der Waals surface area (Å²) in [5.74, 6) is 0.432. The predicted molar refractivity (Wildman–Crippen MR) is 201 cm³/mol. The Hall–Kier alpha value is -4.49. The summed E-state index contributed by atoms with van der Waals surface area (Å²) in [6.45, 7) is 6.76. The Bertz CT molecular complexity index is 1980. The molecule has 0 spiro atoms. The standard InChI is InChI=1S/C38H43Cl2N7O5/c1-22(2)52-33(49)14-17-47-16-13-30-29(21-47)44-37(46(30)3)38(50)45-28-7-5-6-26(34(28)39)27-12-15-42-36(35(27)40)23-8-9-24(31(18-23)51-4)19-41-20-25-10-11-32(48)43-25/h5-9,12,15,18,22,25,41H,10-11,13-14,16-17,19-21H2,1-4H3,(H,43,48)(H,45,50)/t25-/m1/s1. The molecule has 14 heteroatoms. The van der Waals surface area contributed by atoms with E-state index in [1.165, 1.54) is 0 Å². The van der Waals surface area contributed by atoms with Crippen LogP contribution in [0.2, 0.25) is 10.0 Å². The zero-order valence-electron chi connectivity index (χ0n) is 29.7. The number of carbonyl (C=O) groups is 3. The maximum absolute atomic E-state index is 13.6. The molecule has 0 unspecified atom stereocenters. The van der Waals surface area contributed by atoms with E-state index in [9.17, 15) is 14.4 Å². The predicted octanol–water partition coefficient (Wildman–Crippen LogP) is 5.78. The Kier molecular flexibility index (Phi) is 11.8. The highest BCUT2D eigenvalue weighted by Crippen LogP contribution is 2.41. The lowest BCUT2D eigenvalue weighted by atomic mass is 10.0. The van der Waals surface area contributed by atoms with Crippen molar-refractivity contribution in [1.82, 2.24) is 30.1 Å². The summed E-state index contributed by atoms with van der Waals surface area (Å²) in [4.78, 5) is 48.6. The molecule has 4 aromatic rings. The first-order valence-electron chi connectivity index (χ1n) is 17.4. The average molecular weight is 749 g/mol. The minimum Gasteiger partial charge on any atom is -0.496 e. The van der Waals surface area contributed by atoms with E-state index in [1.807, 2.05) is 49.7 Å². The van der Waals surface area contributed by atoms with Gasteiger partial charge in [0.05, 0.1) is 46.8 Å². The van der Waals surface area contributed by atoms with Gasteiger partial charge in [-0.15, -0.1) is 0 Å². The molecule has 6 rings (SSSR count). The molecule has 2 aliphatic rings. The molecular formula is C38H43Cl2N7O5. The van der Waals surface area contributed by atoms with Gasteiger partial charge in [0.25, 0.3) is 5.91 Å². The van der Waals surface area contributed by atoms with Crippen molar-refractivity contribution < 1.29 is 23.9 Å². The molecule has 12 nitrogen and oxygen atoms in total. The van der Waals surface area contributed by atoms with Gasteiger partial charge in [0.2, 0.25) is 5.91 Å². The fraction of sp³-hybridized carbons (Fsp3) is 0.395. The molecule has 4 heterocycles. The quantitative estimate of drug-likeness (QED) is 0.145. The second-order valence-electron chi connectivity index (χ2n) is 13.3. The SMILES string of the molecule is COc1cc(-c2nccc(-c3cccc(NC(=O)c4nc5c(n4C)CCN(CCC(=O)OC(C)C)C5)c3Cl)c2Cl)ccc1CNC[C@H]1CCC(=O)N1. The molecule has 0 radical (unpaired) electrons. The van der Waals surface area contributed by atoms with Gasteiger partial charge in [0.15, 0.2) is 5.82 Å². The number of hydrogen-bond donors (Lipinski definition) is 3. The van der Waals surface area contributed by atoms with E-state index >= 15 is 0 Å². The number of fused-ring (bicyclic) bond motifs is 1. The molecule has 0 saturated carbocycles. The summed E-state index contributed by atoms with van der Waals surface area (Å²) >= 11 is 14.0. The number of amides is 2. The van der Waals surface area contributed by atoms with Crippen molar-refractivity contribution in [3.05, 3.63) is 81.5 Å². The van der Waals surface area contributed by atoms with Crippen LogP contribution in [0, 0.1) is 0 Å². The van der Waals surface area contributed by atoms with Crippen LogP contribution < -0.4 is 20.7 Å². The first-order chi connectivity index (χ1) is 25.0. The fourth-order valence-electron chi connectivity index (χ4n) is 6.66. The molecule has 0 bridgehead atoms. The molecule has 3 N–H and O–H groups in total. The van der Waals surface area contributed by atoms with Crippen LogP contribution in [0.1, 0.15) is 60.7 Å². The van der Waals surface area contributed by atoms with Gasteiger partial charge in [-0.3, -0.25) is 24.3 Å². The van der Waals surface area contributed by atoms with Gasteiger partial charge in [-0.1, -0.05) is 47.5 Å². The van der Waals surface area contributed by atoms with Crippen LogP contribution in [0.4, 0.5) is 5.69 Å². The number of nitrogens with zero attached hydrogens (tertiary/aromatic N) is 4. The van der Waals surface area contributed by atoms with Crippen LogP contribution in [0.25, 0.3) is 22.4 Å². The third-order valence-electron chi connectivity index (χ3n) is 9.32. The Morgan fingerprint density at radius 2 is 1.90 bits per heavy atom. The number of carbonyl (C=O) groups excluding carboxylic acids is 3. The maximum atomic E-state index is 13.6. The molecule has 1 fully saturated rings. The van der Waals surface area contributed by atoms with Gasteiger partial charge < -0.3 is 30.0 Å². The van der Waals surface area contributed by atoms with E-state index in [4.69, 9.17) is 37.7 Å². The second-order valence-corrected chi connectivity index (χ2v) is 14.1. The summed E-state index contributed by atoms with van der Waals surface area (Å²) in [7, 11) is 3.45. The highest BCUT2D eigenvalue weighted by atomic mass is 35.5. The van der Waals surface area contributed by atoms with Crippen LogP contribution >= 0.6 is 23.2 Å². The molecule has 0 aliphatic carbocycles. The first kappa shape index (κ1) is 37.3. The number of pyridine rings is 1. The lowest BCUT2D eigenvalue weighted by Crippen LogP contribution is -2.35. The topological polar surface area (TPSA) is 140 Å². The lowest BCUT2D eigenvalue weighted by molar-refractivity contribution is -0.147. The molecule has 2 aliphatic heterocycles. The number of benzene rings is 2. The van der Waals surface area contributed by atoms with E-state index in [-0.39, 0.29) is 35.8 Å². The molecule has 274 valence electrons. The van der Waals surface area contributed by atoms with Gasteiger partial charge in [-0.25, -0.2) is 4.98 Å². The van der Waals surface area contributed by atoms with Gasteiger partial charge in [-0.2, -0.15) is 0 Å². The number of ether oxygens (including phenoxy) is 2. The number of aromatic nitrogens is 3. The molecular weight excluding hydrogens is 705 g/mol. The third kappa shape index (κ3) is 8.42. The van der Waals surface area contributed by atoms with Crippen LogP contribution in [-0.2, 0) is 40.9 Å². The number of anilines is 1. The summed E-state index contributed by atoms with van der Waals surface area (Å²) in [6.07, 6.45) is 3.92. The molecule has 2 amide bonds. The van der Waals surface area contributed by atoms with Crippen LogP contribution in [0.15, 0.2) is 48.7 Å². The van der Waals surface area contributed by atoms with Crippen molar-refractivity contribution in [3.8, 4) is 28.1 Å². The number of methoxy groups -OCH3 is 1. The van der Waals surface area contributed by atoms with Crippen molar-refractivity contribution in [2.75, 3.05) is 32.1 Å². The molecule has 52 heavy (non-hydrogen) atoms. The number of hydrogen-bond acceptors (Lipinski definition) is 9. The monoisotopic (exact) mass is 747 g/mol. The second kappa shape index (κ2) is 16.5. The Morgan fingerprint density at radius 3 is 2.65 bits per heavy atom. The van der Waals surface area contributed by atoms with Crippen molar-refractivity contribution >= 4 is 46.7 Å². The normalized spacial score (nSPS) is 15.8. The number of esters is 1. The summed E-state index contributed by atoms with van der Waals surface area (Å²) < 4.78 is 12.8. The number of nitrogens with one attached hydrogen (secondary N) is 3. The van der Waals surface area contributed by atoms with E-state index in [1.54, 1.807) is 31.5 Å². The van der Waals surface area contributed by atoms with E-state index in [0.29, 0.717) is 83.7 Å². The van der Waals surface area contributed by atoms with Crippen molar-refractivity contribution in [2.24, 2.45) is 7.05 Å². The summed E-state index contributed by atoms with van der Waals surface area (Å²) in [5.41, 5.74) is 5.79. The van der Waals surface area contributed by atoms with Crippen LogP contribution in [-0.4, -0.2) is 76.1 Å². The minimum absolute atomic E-state index is 0.0918.